The molecule has 7 nitrogen and oxygen atoms in total. The normalized spacial score (nSPS) is 10.8. The van der Waals surface area contributed by atoms with Gasteiger partial charge in [-0.25, -0.2) is 4.98 Å². The Hall–Kier alpha value is -2.88. The number of carbonyl (C=O) groups excluding carboxylic acids is 1. The number of carbonyl (C=O) groups is 1. The molecule has 2 heterocycles. The summed E-state index contributed by atoms with van der Waals surface area (Å²) < 4.78 is 11.1. The Morgan fingerprint density at radius 2 is 1.87 bits per heavy atom. The van der Waals surface area contributed by atoms with E-state index in [2.05, 4.69) is 20.5 Å². The minimum atomic E-state index is -0.206. The molecule has 0 saturated carbocycles. The van der Waals surface area contributed by atoms with Crippen molar-refractivity contribution in [3.05, 3.63) is 58.9 Å². The van der Waals surface area contributed by atoms with Gasteiger partial charge in [-0.1, -0.05) is 35.5 Å². The zero-order chi connectivity index (χ0) is 21.6. The molecule has 10 heteroatoms. The van der Waals surface area contributed by atoms with Gasteiger partial charge in [0.05, 0.1) is 18.1 Å². The van der Waals surface area contributed by atoms with Crippen molar-refractivity contribution in [2.24, 2.45) is 0 Å². The lowest BCUT2D eigenvalue weighted by molar-refractivity contribution is -0.113. The van der Waals surface area contributed by atoms with E-state index >= 15 is 0 Å². The lowest BCUT2D eigenvalue weighted by Gasteiger charge is -2.02. The molecule has 2 aromatic carbocycles. The molecule has 0 radical (unpaired) electrons. The van der Waals surface area contributed by atoms with Gasteiger partial charge in [-0.2, -0.15) is 0 Å². The number of aromatic nitrogens is 3. The summed E-state index contributed by atoms with van der Waals surface area (Å²) in [6, 6.07) is 14.8. The van der Waals surface area contributed by atoms with Crippen LogP contribution < -0.4 is 10.1 Å². The first-order chi connectivity index (χ1) is 15.1. The Balaban J connectivity index is 1.31. The van der Waals surface area contributed by atoms with Gasteiger partial charge in [0.1, 0.15) is 5.75 Å². The number of amides is 1. The van der Waals surface area contributed by atoms with Crippen LogP contribution in [0.2, 0.25) is 5.02 Å². The van der Waals surface area contributed by atoms with Gasteiger partial charge in [-0.3, -0.25) is 4.79 Å². The third-order valence-corrected chi connectivity index (χ3v) is 5.86. The molecule has 2 aromatic heterocycles. The summed E-state index contributed by atoms with van der Waals surface area (Å²) >= 11 is 8.44. The lowest BCUT2D eigenvalue weighted by atomic mass is 10.2. The fraction of sp³-hybridized carbons (Fsp3) is 0.143. The highest BCUT2D eigenvalue weighted by atomic mass is 35.5. The number of hydrogen-bond acceptors (Lipinski definition) is 8. The second kappa shape index (κ2) is 9.95. The van der Waals surface area contributed by atoms with Gasteiger partial charge in [0, 0.05) is 21.5 Å². The number of thioether (sulfide) groups is 1. The monoisotopic (exact) mass is 472 g/mol. The molecule has 1 N–H and O–H groups in total. The van der Waals surface area contributed by atoms with E-state index in [9.17, 15) is 4.79 Å². The van der Waals surface area contributed by atoms with E-state index in [0.29, 0.717) is 27.9 Å². The van der Waals surface area contributed by atoms with Crippen LogP contribution in [0.15, 0.2) is 63.6 Å². The molecule has 158 valence electrons. The Morgan fingerprint density at radius 3 is 2.61 bits per heavy atom. The fourth-order valence-corrected chi connectivity index (χ4v) is 4.04. The quantitative estimate of drug-likeness (QED) is 0.331. The highest BCUT2D eigenvalue weighted by molar-refractivity contribution is 7.99. The van der Waals surface area contributed by atoms with Crippen LogP contribution in [0, 0.1) is 0 Å². The standard InChI is InChI=1S/C21H17ClN4O3S2/c1-2-28-16-9-5-14(6-10-16)19-25-26-21(29-19)31-12-18(27)24-20-23-17(11-30-20)13-3-7-15(22)8-4-13/h3-11H,2,12H2,1H3,(H,23,24,27). The Kier molecular flexibility index (Phi) is 6.86. The van der Waals surface area contributed by atoms with E-state index in [-0.39, 0.29) is 11.7 Å². The van der Waals surface area contributed by atoms with E-state index in [1.165, 1.54) is 11.3 Å². The largest absolute Gasteiger partial charge is 0.494 e. The topological polar surface area (TPSA) is 90.1 Å². The van der Waals surface area contributed by atoms with Crippen LogP contribution in [0.5, 0.6) is 5.75 Å². The molecule has 31 heavy (non-hydrogen) atoms. The van der Waals surface area contributed by atoms with Crippen LogP contribution in [0.1, 0.15) is 6.92 Å². The number of anilines is 1. The van der Waals surface area contributed by atoms with Crippen molar-refractivity contribution in [2.75, 3.05) is 17.7 Å². The summed E-state index contributed by atoms with van der Waals surface area (Å²) in [5.41, 5.74) is 2.49. The summed E-state index contributed by atoms with van der Waals surface area (Å²) in [6.07, 6.45) is 0. The van der Waals surface area contributed by atoms with Crippen LogP contribution in [-0.2, 0) is 4.79 Å². The molecule has 1 amide bonds. The maximum atomic E-state index is 12.3. The average molecular weight is 473 g/mol. The number of halogens is 1. The average Bonchev–Trinajstić information content (AvgIpc) is 3.44. The minimum Gasteiger partial charge on any atom is -0.494 e. The van der Waals surface area contributed by atoms with Crippen molar-refractivity contribution in [3.63, 3.8) is 0 Å². The highest BCUT2D eigenvalue weighted by Crippen LogP contribution is 2.27. The van der Waals surface area contributed by atoms with Gasteiger partial charge >= 0.3 is 0 Å². The Bertz CT molecular complexity index is 1160. The highest BCUT2D eigenvalue weighted by Gasteiger charge is 2.13. The van der Waals surface area contributed by atoms with Gasteiger partial charge in [0.15, 0.2) is 5.13 Å². The molecular weight excluding hydrogens is 456 g/mol. The minimum absolute atomic E-state index is 0.126. The summed E-state index contributed by atoms with van der Waals surface area (Å²) in [4.78, 5) is 16.7. The number of nitrogens with zero attached hydrogens (tertiary/aromatic N) is 3. The molecule has 0 aliphatic carbocycles. The first-order valence-corrected chi connectivity index (χ1v) is 11.6. The maximum absolute atomic E-state index is 12.3. The van der Waals surface area contributed by atoms with E-state index in [1.807, 2.05) is 48.7 Å². The van der Waals surface area contributed by atoms with E-state index in [4.69, 9.17) is 20.8 Å². The number of hydrogen-bond donors (Lipinski definition) is 1. The van der Waals surface area contributed by atoms with Gasteiger partial charge in [0.25, 0.3) is 5.22 Å². The molecule has 0 bridgehead atoms. The fourth-order valence-electron chi connectivity index (χ4n) is 2.61. The number of nitrogens with one attached hydrogen (secondary N) is 1. The van der Waals surface area contributed by atoms with Crippen molar-refractivity contribution >= 4 is 45.7 Å². The zero-order valence-electron chi connectivity index (χ0n) is 16.4. The SMILES string of the molecule is CCOc1ccc(-c2nnc(SCC(=O)Nc3nc(-c4ccc(Cl)cc4)cs3)o2)cc1. The molecule has 0 aliphatic heterocycles. The van der Waals surface area contributed by atoms with Crippen LogP contribution in [-0.4, -0.2) is 33.4 Å². The first kappa shape index (κ1) is 21.4. The number of rotatable bonds is 8. The summed E-state index contributed by atoms with van der Waals surface area (Å²) in [7, 11) is 0. The predicted octanol–water partition coefficient (Wildman–Crippen LogP) is 5.64. The van der Waals surface area contributed by atoms with E-state index in [1.54, 1.807) is 12.1 Å². The second-order valence-electron chi connectivity index (χ2n) is 6.21. The van der Waals surface area contributed by atoms with Gasteiger partial charge in [-0.05, 0) is 43.3 Å². The number of benzene rings is 2. The zero-order valence-corrected chi connectivity index (χ0v) is 18.8. The lowest BCUT2D eigenvalue weighted by Crippen LogP contribution is -2.13. The van der Waals surface area contributed by atoms with Crippen molar-refractivity contribution in [1.29, 1.82) is 0 Å². The summed E-state index contributed by atoms with van der Waals surface area (Å²) in [5.74, 6) is 1.08. The molecule has 4 rings (SSSR count). The van der Waals surface area contributed by atoms with Crippen LogP contribution in [0.3, 0.4) is 0 Å². The molecular formula is C21H17ClN4O3S2. The van der Waals surface area contributed by atoms with Gasteiger partial charge < -0.3 is 14.5 Å². The van der Waals surface area contributed by atoms with Crippen LogP contribution in [0.4, 0.5) is 5.13 Å². The molecule has 0 spiro atoms. The maximum Gasteiger partial charge on any atom is 0.277 e. The van der Waals surface area contributed by atoms with Crippen molar-refractivity contribution in [3.8, 4) is 28.5 Å². The first-order valence-electron chi connectivity index (χ1n) is 9.31. The van der Waals surface area contributed by atoms with Gasteiger partial charge in [-0.15, -0.1) is 21.5 Å². The molecule has 0 saturated heterocycles. The Labute approximate surface area is 191 Å². The predicted molar refractivity (Wildman–Crippen MR) is 123 cm³/mol. The van der Waals surface area contributed by atoms with Crippen molar-refractivity contribution in [2.45, 2.75) is 12.1 Å². The summed E-state index contributed by atoms with van der Waals surface area (Å²) in [6.45, 7) is 2.53. The van der Waals surface area contributed by atoms with E-state index < -0.39 is 0 Å². The van der Waals surface area contributed by atoms with Crippen molar-refractivity contribution < 1.29 is 13.9 Å². The summed E-state index contributed by atoms with van der Waals surface area (Å²) in [5, 5.41) is 14.2. The van der Waals surface area contributed by atoms with Crippen LogP contribution >= 0.6 is 34.7 Å². The second-order valence-corrected chi connectivity index (χ2v) is 8.43. The number of thiazole rings is 1. The molecule has 0 atom stereocenters. The van der Waals surface area contributed by atoms with Crippen molar-refractivity contribution in [1.82, 2.24) is 15.2 Å². The van der Waals surface area contributed by atoms with Crippen LogP contribution in [0.25, 0.3) is 22.7 Å². The van der Waals surface area contributed by atoms with E-state index in [0.717, 1.165) is 34.3 Å². The molecule has 0 fully saturated rings. The molecule has 0 aliphatic rings. The smallest absolute Gasteiger partial charge is 0.277 e. The molecule has 4 aromatic rings. The third kappa shape index (κ3) is 5.63. The number of ether oxygens (including phenoxy) is 1. The molecule has 0 unspecified atom stereocenters. The van der Waals surface area contributed by atoms with Gasteiger partial charge in [0.2, 0.25) is 11.8 Å². The Morgan fingerprint density at radius 1 is 1.13 bits per heavy atom. The third-order valence-electron chi connectivity index (χ3n) is 4.04.